The van der Waals surface area contributed by atoms with Crippen molar-refractivity contribution in [1.29, 1.82) is 0 Å². The fraction of sp³-hybridized carbons (Fsp3) is 0.200. The summed E-state index contributed by atoms with van der Waals surface area (Å²) in [5.41, 5.74) is 2.35. The monoisotopic (exact) mass is 192 g/mol. The van der Waals surface area contributed by atoms with Crippen LogP contribution in [-0.2, 0) is 7.05 Å². The van der Waals surface area contributed by atoms with Gasteiger partial charge in [0.05, 0.1) is 0 Å². The Hall–Kier alpha value is -1.22. The molecule has 66 valence electrons. The lowest BCUT2D eigenvalue weighted by Gasteiger charge is -1.88. The van der Waals surface area contributed by atoms with E-state index in [4.69, 9.17) is 0 Å². The zero-order valence-electron chi connectivity index (χ0n) is 7.57. The maximum atomic E-state index is 10.7. The van der Waals surface area contributed by atoms with E-state index in [2.05, 4.69) is 25.1 Å². The molecule has 0 bridgehead atoms. The van der Waals surface area contributed by atoms with Gasteiger partial charge in [-0.1, -0.05) is 17.4 Å². The van der Waals surface area contributed by atoms with Crippen molar-refractivity contribution in [2.75, 3.05) is 0 Å². The number of nitrogens with zero attached hydrogens (tertiary/aromatic N) is 1. The normalized spacial score (nSPS) is 10.6. The van der Waals surface area contributed by atoms with Gasteiger partial charge in [-0.15, -0.1) is 0 Å². The molecule has 2 aromatic rings. The molecule has 0 aliphatic rings. The maximum absolute atomic E-state index is 10.7. The first-order valence-corrected chi connectivity index (χ1v) is 4.88. The van der Waals surface area contributed by atoms with Gasteiger partial charge in [0.2, 0.25) is 11.8 Å². The van der Waals surface area contributed by atoms with Gasteiger partial charge in [-0.25, -0.2) is 0 Å². The van der Waals surface area contributed by atoms with E-state index < -0.39 is 0 Å². The summed E-state index contributed by atoms with van der Waals surface area (Å²) in [6.07, 6.45) is 0.903. The summed E-state index contributed by atoms with van der Waals surface area (Å²) in [7, 11) is 1.92. The number of benzene rings is 1. The predicted octanol–water partition coefficient (Wildman–Crippen LogP) is 1.85. The SMILES string of the molecule is Cc1ccc2sc(C=O)[n+](C)c2c1. The second-order valence-electron chi connectivity index (χ2n) is 3.09. The van der Waals surface area contributed by atoms with Crippen LogP contribution in [0.4, 0.5) is 0 Å². The largest absolute Gasteiger partial charge is 0.302 e. The Labute approximate surface area is 80.4 Å². The quantitative estimate of drug-likeness (QED) is 0.499. The van der Waals surface area contributed by atoms with Crippen LogP contribution in [0.25, 0.3) is 10.2 Å². The van der Waals surface area contributed by atoms with Gasteiger partial charge in [0, 0.05) is 6.07 Å². The van der Waals surface area contributed by atoms with Gasteiger partial charge in [0.15, 0.2) is 0 Å². The fourth-order valence-electron chi connectivity index (χ4n) is 1.38. The van der Waals surface area contributed by atoms with Crippen molar-refractivity contribution in [1.82, 2.24) is 0 Å². The summed E-state index contributed by atoms with van der Waals surface area (Å²) in [4.78, 5) is 10.7. The van der Waals surface area contributed by atoms with Crippen LogP contribution in [0.5, 0.6) is 0 Å². The van der Waals surface area contributed by atoms with Crippen LogP contribution in [0.1, 0.15) is 15.4 Å². The Kier molecular flexibility index (Phi) is 1.88. The molecule has 0 aliphatic heterocycles. The van der Waals surface area contributed by atoms with E-state index in [-0.39, 0.29) is 0 Å². The molecule has 0 aliphatic carbocycles. The molecular weight excluding hydrogens is 182 g/mol. The minimum Gasteiger partial charge on any atom is -0.290 e. The van der Waals surface area contributed by atoms with Crippen molar-refractivity contribution in [2.45, 2.75) is 6.92 Å². The molecule has 2 rings (SSSR count). The Balaban J connectivity index is 2.84. The predicted molar refractivity (Wildman–Crippen MR) is 53.1 cm³/mol. The summed E-state index contributed by atoms with van der Waals surface area (Å²) in [5.74, 6) is 0. The number of aromatic nitrogens is 1. The number of aldehydes is 1. The first-order chi connectivity index (χ1) is 6.22. The van der Waals surface area contributed by atoms with Gasteiger partial charge in [0.1, 0.15) is 11.7 Å². The molecule has 0 unspecified atom stereocenters. The second kappa shape index (κ2) is 2.92. The Morgan fingerprint density at radius 3 is 2.92 bits per heavy atom. The Bertz CT molecular complexity index is 473. The zero-order valence-corrected chi connectivity index (χ0v) is 8.39. The van der Waals surface area contributed by atoms with Crippen molar-refractivity contribution in [3.8, 4) is 0 Å². The molecule has 0 saturated carbocycles. The topological polar surface area (TPSA) is 20.9 Å². The van der Waals surface area contributed by atoms with E-state index in [1.807, 2.05) is 11.6 Å². The van der Waals surface area contributed by atoms with Gasteiger partial charge in [-0.3, -0.25) is 4.79 Å². The second-order valence-corrected chi connectivity index (χ2v) is 4.15. The number of rotatable bonds is 1. The van der Waals surface area contributed by atoms with Crippen LogP contribution in [0, 0.1) is 6.92 Å². The van der Waals surface area contributed by atoms with Crippen LogP contribution < -0.4 is 4.57 Å². The molecule has 1 aromatic heterocycles. The number of hydrogen-bond acceptors (Lipinski definition) is 2. The number of aryl methyl sites for hydroxylation is 2. The molecule has 3 heteroatoms. The number of carbonyl (C=O) groups excluding carboxylic acids is 1. The molecule has 2 nitrogen and oxygen atoms in total. The van der Waals surface area contributed by atoms with Gasteiger partial charge >= 0.3 is 5.01 Å². The molecular formula is C10H10NOS+. The summed E-state index contributed by atoms with van der Waals surface area (Å²) in [5, 5.41) is 0.764. The van der Waals surface area contributed by atoms with E-state index in [1.54, 1.807) is 0 Å². The van der Waals surface area contributed by atoms with Gasteiger partial charge in [-0.2, -0.15) is 4.57 Å². The molecule has 0 spiro atoms. The molecule has 0 atom stereocenters. The van der Waals surface area contributed by atoms with Crippen molar-refractivity contribution >= 4 is 27.8 Å². The summed E-state index contributed by atoms with van der Waals surface area (Å²) < 4.78 is 3.09. The van der Waals surface area contributed by atoms with Crippen LogP contribution in [0.3, 0.4) is 0 Å². The average Bonchev–Trinajstić information content (AvgIpc) is 2.44. The zero-order chi connectivity index (χ0) is 9.42. The lowest BCUT2D eigenvalue weighted by atomic mass is 10.2. The lowest BCUT2D eigenvalue weighted by Crippen LogP contribution is -2.30. The van der Waals surface area contributed by atoms with Crippen molar-refractivity contribution in [2.24, 2.45) is 7.05 Å². The molecule has 0 amide bonds. The van der Waals surface area contributed by atoms with Gasteiger partial charge in [-0.05, 0) is 18.6 Å². The number of thiazole rings is 1. The van der Waals surface area contributed by atoms with Crippen LogP contribution in [0.15, 0.2) is 18.2 Å². The van der Waals surface area contributed by atoms with E-state index in [0.29, 0.717) is 0 Å². The highest BCUT2D eigenvalue weighted by molar-refractivity contribution is 7.19. The fourth-order valence-corrected chi connectivity index (χ4v) is 2.32. The first-order valence-electron chi connectivity index (χ1n) is 4.07. The van der Waals surface area contributed by atoms with E-state index in [1.165, 1.54) is 16.9 Å². The standard InChI is InChI=1S/C10H10NOS/c1-7-3-4-9-8(5-7)11(2)10(6-12)13-9/h3-6H,1-2H3/q+1. The molecule has 13 heavy (non-hydrogen) atoms. The van der Waals surface area contributed by atoms with E-state index in [0.717, 1.165) is 21.5 Å². The number of hydrogen-bond donors (Lipinski definition) is 0. The summed E-state index contributed by atoms with van der Waals surface area (Å²) in [6, 6.07) is 6.22. The highest BCUT2D eigenvalue weighted by atomic mass is 32.1. The lowest BCUT2D eigenvalue weighted by molar-refractivity contribution is -0.641. The first kappa shape index (κ1) is 8.38. The van der Waals surface area contributed by atoms with Crippen LogP contribution in [-0.4, -0.2) is 6.29 Å². The van der Waals surface area contributed by atoms with Gasteiger partial charge in [0.25, 0.3) is 0 Å². The van der Waals surface area contributed by atoms with Gasteiger partial charge < -0.3 is 0 Å². The van der Waals surface area contributed by atoms with Crippen molar-refractivity contribution in [3.63, 3.8) is 0 Å². The van der Waals surface area contributed by atoms with Crippen LogP contribution in [0.2, 0.25) is 0 Å². The Morgan fingerprint density at radius 2 is 2.23 bits per heavy atom. The molecule has 0 fully saturated rings. The molecule has 0 N–H and O–H groups in total. The molecule has 0 saturated heterocycles. The summed E-state index contributed by atoms with van der Waals surface area (Å²) >= 11 is 1.53. The molecule has 1 heterocycles. The van der Waals surface area contributed by atoms with Crippen molar-refractivity contribution < 1.29 is 9.36 Å². The summed E-state index contributed by atoms with van der Waals surface area (Å²) in [6.45, 7) is 2.05. The Morgan fingerprint density at radius 1 is 1.46 bits per heavy atom. The average molecular weight is 192 g/mol. The highest BCUT2D eigenvalue weighted by Gasteiger charge is 2.15. The molecule has 1 aromatic carbocycles. The highest BCUT2D eigenvalue weighted by Crippen LogP contribution is 2.19. The van der Waals surface area contributed by atoms with E-state index >= 15 is 0 Å². The van der Waals surface area contributed by atoms with Crippen LogP contribution >= 0.6 is 11.3 Å². The number of fused-ring (bicyclic) bond motifs is 1. The molecule has 0 radical (unpaired) electrons. The third-order valence-corrected chi connectivity index (χ3v) is 3.27. The minimum atomic E-state index is 0.764. The maximum Gasteiger partial charge on any atom is 0.302 e. The smallest absolute Gasteiger partial charge is 0.290 e. The van der Waals surface area contributed by atoms with E-state index in [9.17, 15) is 4.79 Å². The third-order valence-electron chi connectivity index (χ3n) is 2.12. The number of carbonyl (C=O) groups is 1. The van der Waals surface area contributed by atoms with Crippen molar-refractivity contribution in [3.05, 3.63) is 28.8 Å². The third kappa shape index (κ3) is 1.25. The minimum absolute atomic E-state index is 0.764.